The molecule has 2 unspecified atom stereocenters. The van der Waals surface area contributed by atoms with E-state index in [1.807, 2.05) is 0 Å². The van der Waals surface area contributed by atoms with Crippen molar-refractivity contribution in [1.29, 1.82) is 0 Å². The van der Waals surface area contributed by atoms with Crippen molar-refractivity contribution in [3.8, 4) is 0 Å². The van der Waals surface area contributed by atoms with E-state index >= 15 is 0 Å². The molecule has 0 heterocycles. The monoisotopic (exact) mass is 416 g/mol. The number of alkyl halides is 2. The van der Waals surface area contributed by atoms with Crippen LogP contribution in [0.5, 0.6) is 0 Å². The van der Waals surface area contributed by atoms with Crippen LogP contribution in [0.2, 0.25) is 10.6 Å². The van der Waals surface area contributed by atoms with Gasteiger partial charge in [0.15, 0.2) is 0 Å². The minimum absolute atomic E-state index is 0.126. The third-order valence-corrected chi connectivity index (χ3v) is 11.0. The third-order valence-electron chi connectivity index (χ3n) is 3.09. The Balaban J connectivity index is 3.87. The van der Waals surface area contributed by atoms with Gasteiger partial charge in [-0.25, -0.2) is 0 Å². The summed E-state index contributed by atoms with van der Waals surface area (Å²) in [6.45, 7) is 4.39. The molecule has 0 bridgehead atoms. The number of hydrogen-bond acceptors (Lipinski definition) is 0. The molecule has 5 heteroatoms. The van der Waals surface area contributed by atoms with Crippen molar-refractivity contribution in [3.05, 3.63) is 0 Å². The SMILES string of the molecule is CCCCCC(Cl)C[Se](Cl)(Cl)CC(Cl)CCCCC. The molecule has 0 fully saturated rings. The molecule has 0 saturated carbocycles. The van der Waals surface area contributed by atoms with Crippen molar-refractivity contribution < 1.29 is 0 Å². The molecule has 2 atom stereocenters. The summed E-state index contributed by atoms with van der Waals surface area (Å²) in [6, 6.07) is 0. The van der Waals surface area contributed by atoms with E-state index in [4.69, 9.17) is 43.4 Å². The molecule has 0 amide bonds. The normalized spacial score (nSPS) is 16.3. The average molecular weight is 417 g/mol. The first-order valence-electron chi connectivity index (χ1n) is 7.37. The molecule has 0 aromatic rings. The van der Waals surface area contributed by atoms with E-state index in [1.165, 1.54) is 38.5 Å². The summed E-state index contributed by atoms with van der Waals surface area (Å²) in [5.41, 5.74) is 0. The number of rotatable bonds is 12. The van der Waals surface area contributed by atoms with Crippen molar-refractivity contribution in [2.45, 2.75) is 86.6 Å². The Kier molecular flexibility index (Phi) is 13.3. The summed E-state index contributed by atoms with van der Waals surface area (Å²) < 4.78 is 0. The summed E-state index contributed by atoms with van der Waals surface area (Å²) in [5, 5.41) is 1.81. The van der Waals surface area contributed by atoms with Gasteiger partial charge >= 0.3 is 141 Å². The summed E-state index contributed by atoms with van der Waals surface area (Å²) in [5.74, 6) is 0. The van der Waals surface area contributed by atoms with Crippen molar-refractivity contribution in [2.75, 3.05) is 0 Å². The van der Waals surface area contributed by atoms with Crippen LogP contribution in [0.1, 0.15) is 65.2 Å². The van der Waals surface area contributed by atoms with Crippen molar-refractivity contribution in [3.63, 3.8) is 0 Å². The fourth-order valence-corrected chi connectivity index (χ4v) is 12.2. The molecule has 0 aromatic carbocycles. The van der Waals surface area contributed by atoms with E-state index in [2.05, 4.69) is 13.8 Å². The Labute approximate surface area is 140 Å². The van der Waals surface area contributed by atoms with Gasteiger partial charge in [0.25, 0.3) is 0 Å². The summed E-state index contributed by atoms with van der Waals surface area (Å²) in [4.78, 5) is 0. The van der Waals surface area contributed by atoms with Crippen LogP contribution in [-0.2, 0) is 0 Å². The van der Waals surface area contributed by atoms with Gasteiger partial charge in [0.05, 0.1) is 0 Å². The van der Waals surface area contributed by atoms with Gasteiger partial charge in [-0.2, -0.15) is 0 Å². The third kappa shape index (κ3) is 13.1. The zero-order valence-corrected chi connectivity index (χ0v) is 16.9. The standard InChI is InChI=1S/C14H28Cl4Se/c1-3-5-7-9-13(15)11-19(17,18)12-14(16)10-8-6-4-2/h13-14H,3-12H2,1-2H3. The van der Waals surface area contributed by atoms with Crippen LogP contribution in [0.25, 0.3) is 0 Å². The average Bonchev–Trinajstić information content (AvgIpc) is 2.28. The van der Waals surface area contributed by atoms with Gasteiger partial charge in [-0.1, -0.05) is 0 Å². The van der Waals surface area contributed by atoms with Crippen LogP contribution in [-0.4, -0.2) is 21.8 Å². The molecular weight excluding hydrogens is 389 g/mol. The number of halogens is 4. The molecule has 19 heavy (non-hydrogen) atoms. The van der Waals surface area contributed by atoms with Gasteiger partial charge in [-0.15, -0.1) is 0 Å². The maximum atomic E-state index is 6.50. The number of unbranched alkanes of at least 4 members (excludes halogenated alkanes) is 4. The van der Waals surface area contributed by atoms with E-state index in [0.29, 0.717) is 0 Å². The summed E-state index contributed by atoms with van der Waals surface area (Å²) in [6.07, 6.45) is 9.30. The van der Waals surface area contributed by atoms with Crippen LogP contribution in [0.15, 0.2) is 0 Å². The van der Waals surface area contributed by atoms with Gasteiger partial charge < -0.3 is 0 Å². The second-order valence-corrected chi connectivity index (χ2v) is 17.7. The first kappa shape index (κ1) is 20.7. The molecule has 0 N–H and O–H groups in total. The zero-order valence-electron chi connectivity index (χ0n) is 12.1. The Morgan fingerprint density at radius 2 is 1.11 bits per heavy atom. The number of hydrogen-bond donors (Lipinski definition) is 0. The van der Waals surface area contributed by atoms with E-state index in [9.17, 15) is 0 Å². The fourth-order valence-electron chi connectivity index (χ4n) is 2.00. The molecule has 0 spiro atoms. The molecule has 0 rings (SSSR count). The van der Waals surface area contributed by atoms with E-state index in [-0.39, 0.29) is 10.8 Å². The Bertz CT molecular complexity index is 192. The molecule has 0 radical (unpaired) electrons. The molecule has 0 aromatic heterocycles. The molecule has 0 saturated heterocycles. The topological polar surface area (TPSA) is 0 Å². The van der Waals surface area contributed by atoms with Gasteiger partial charge in [0.2, 0.25) is 0 Å². The first-order chi connectivity index (χ1) is 8.91. The fraction of sp³-hybridized carbons (Fsp3) is 1.00. The van der Waals surface area contributed by atoms with Crippen molar-refractivity contribution >= 4 is 54.4 Å². The first-order valence-corrected chi connectivity index (χ1v) is 15.2. The van der Waals surface area contributed by atoms with Crippen LogP contribution in [0.4, 0.5) is 0 Å². The second kappa shape index (κ2) is 12.2. The van der Waals surface area contributed by atoms with Crippen LogP contribution >= 0.6 is 43.4 Å². The predicted octanol–water partition coefficient (Wildman–Crippen LogP) is 7.28. The van der Waals surface area contributed by atoms with E-state index < -0.39 is 11.0 Å². The molecular formula is C14H28Cl4Se. The minimum atomic E-state index is -2.46. The van der Waals surface area contributed by atoms with Gasteiger partial charge in [0.1, 0.15) is 0 Å². The maximum absolute atomic E-state index is 6.50. The Morgan fingerprint density at radius 1 is 0.737 bits per heavy atom. The second-order valence-electron chi connectivity index (χ2n) is 5.22. The van der Waals surface area contributed by atoms with Gasteiger partial charge in [-0.3, -0.25) is 0 Å². The molecule has 0 aliphatic heterocycles. The van der Waals surface area contributed by atoms with Gasteiger partial charge in [0, 0.05) is 0 Å². The van der Waals surface area contributed by atoms with E-state index in [1.54, 1.807) is 0 Å². The Hall–Kier alpha value is 1.68. The van der Waals surface area contributed by atoms with Crippen molar-refractivity contribution in [1.82, 2.24) is 0 Å². The molecule has 0 aliphatic rings. The molecule has 118 valence electrons. The quantitative estimate of drug-likeness (QED) is 0.178. The summed E-state index contributed by atoms with van der Waals surface area (Å²) >= 11 is 10.2. The summed E-state index contributed by atoms with van der Waals surface area (Å²) in [7, 11) is 13.0. The van der Waals surface area contributed by atoms with E-state index in [0.717, 1.165) is 23.5 Å². The predicted molar refractivity (Wildman–Crippen MR) is 94.6 cm³/mol. The Morgan fingerprint density at radius 3 is 1.42 bits per heavy atom. The van der Waals surface area contributed by atoms with Crippen molar-refractivity contribution in [2.24, 2.45) is 0 Å². The van der Waals surface area contributed by atoms with Crippen LogP contribution in [0.3, 0.4) is 0 Å². The molecule has 0 aliphatic carbocycles. The van der Waals surface area contributed by atoms with Crippen LogP contribution in [0, 0.1) is 0 Å². The molecule has 0 nitrogen and oxygen atoms in total. The zero-order chi connectivity index (χ0) is 14.7. The van der Waals surface area contributed by atoms with Gasteiger partial charge in [-0.05, 0) is 0 Å². The van der Waals surface area contributed by atoms with Crippen LogP contribution < -0.4 is 0 Å².